The van der Waals surface area contributed by atoms with Crippen molar-refractivity contribution in [3.8, 4) is 0 Å². The molecule has 0 aliphatic carbocycles. The summed E-state index contributed by atoms with van der Waals surface area (Å²) < 4.78 is 9.86. The highest BCUT2D eigenvalue weighted by Gasteiger charge is 2.43. The summed E-state index contributed by atoms with van der Waals surface area (Å²) in [7, 11) is 0. The van der Waals surface area contributed by atoms with E-state index in [-0.39, 0.29) is 16.6 Å². The molecule has 1 aromatic rings. The smallest absolute Gasteiger partial charge is 0.380 e. The van der Waals surface area contributed by atoms with Gasteiger partial charge in [0.25, 0.3) is 5.78 Å². The molecular formula is C13H18N2O8S. The zero-order chi connectivity index (χ0) is 17.9. The van der Waals surface area contributed by atoms with Crippen LogP contribution >= 0.6 is 11.3 Å². The van der Waals surface area contributed by atoms with Crippen LogP contribution in [0.5, 0.6) is 0 Å². The van der Waals surface area contributed by atoms with Gasteiger partial charge in [-0.25, -0.2) is 9.78 Å². The van der Waals surface area contributed by atoms with Crippen molar-refractivity contribution < 1.29 is 39.5 Å². The van der Waals surface area contributed by atoms with Crippen LogP contribution < -0.4 is 5.32 Å². The van der Waals surface area contributed by atoms with Gasteiger partial charge in [-0.3, -0.25) is 4.79 Å². The second-order valence-electron chi connectivity index (χ2n) is 4.97. The third-order valence-electron chi connectivity index (χ3n) is 3.35. The van der Waals surface area contributed by atoms with E-state index in [4.69, 9.17) is 9.84 Å². The maximum absolute atomic E-state index is 11.8. The average molecular weight is 362 g/mol. The highest BCUT2D eigenvalue weighted by Crippen LogP contribution is 2.25. The number of aliphatic hydroxyl groups is 4. The molecule has 0 spiro atoms. The number of thiazole rings is 1. The topological polar surface area (TPSA) is 158 Å². The Bertz CT molecular complexity index is 592. The number of ether oxygens (including phenoxy) is 2. The van der Waals surface area contributed by atoms with Crippen molar-refractivity contribution in [3.05, 3.63) is 11.1 Å². The van der Waals surface area contributed by atoms with Gasteiger partial charge in [0.2, 0.25) is 0 Å². The number of anilines is 1. The Balaban J connectivity index is 2.06. The van der Waals surface area contributed by atoms with E-state index < -0.39 is 49.0 Å². The Morgan fingerprint density at radius 2 is 2.04 bits per heavy atom. The minimum atomic E-state index is -1.53. The first-order valence-corrected chi connectivity index (χ1v) is 7.95. The van der Waals surface area contributed by atoms with Crippen LogP contribution in [0, 0.1) is 0 Å². The molecule has 2 heterocycles. The summed E-state index contributed by atoms with van der Waals surface area (Å²) in [5, 5.41) is 41.2. The third kappa shape index (κ3) is 3.88. The van der Waals surface area contributed by atoms with Crippen LogP contribution in [-0.4, -0.2) is 81.0 Å². The zero-order valence-corrected chi connectivity index (χ0v) is 13.5. The predicted octanol–water partition coefficient (Wildman–Crippen LogP) is -1.90. The molecule has 1 aliphatic rings. The maximum atomic E-state index is 11.8. The molecule has 1 aliphatic heterocycles. The number of aromatic nitrogens is 1. The second-order valence-corrected chi connectivity index (χ2v) is 6.00. The first-order valence-electron chi connectivity index (χ1n) is 7.13. The summed E-state index contributed by atoms with van der Waals surface area (Å²) in [6, 6.07) is 0. The SMILES string of the molecule is CCOC(=O)C(=O)c1cnc(N[C@H]2OC(CO)[C@@H](O)C(O)[C@H]2O)s1. The van der Waals surface area contributed by atoms with Gasteiger partial charge >= 0.3 is 5.97 Å². The second kappa shape index (κ2) is 7.96. The summed E-state index contributed by atoms with van der Waals surface area (Å²) in [5.74, 6) is -1.85. The van der Waals surface area contributed by atoms with Crippen LogP contribution in [0.15, 0.2) is 6.20 Å². The summed E-state index contributed by atoms with van der Waals surface area (Å²) in [6.45, 7) is 1.08. The van der Waals surface area contributed by atoms with Crippen molar-refractivity contribution in [3.63, 3.8) is 0 Å². The van der Waals surface area contributed by atoms with Crippen LogP contribution in [0.1, 0.15) is 16.6 Å². The highest BCUT2D eigenvalue weighted by atomic mass is 32.1. The number of carbonyl (C=O) groups excluding carboxylic acids is 2. The zero-order valence-electron chi connectivity index (χ0n) is 12.7. The van der Waals surface area contributed by atoms with Crippen LogP contribution in [0.2, 0.25) is 0 Å². The van der Waals surface area contributed by atoms with Gasteiger partial charge in [0, 0.05) is 0 Å². The van der Waals surface area contributed by atoms with E-state index in [1.54, 1.807) is 6.92 Å². The third-order valence-corrected chi connectivity index (χ3v) is 4.28. The van der Waals surface area contributed by atoms with Crippen molar-refractivity contribution in [2.24, 2.45) is 0 Å². The van der Waals surface area contributed by atoms with Crippen molar-refractivity contribution in [1.29, 1.82) is 0 Å². The molecule has 11 heteroatoms. The Labute approximate surface area is 140 Å². The fraction of sp³-hybridized carbons (Fsp3) is 0.615. The number of ketones is 1. The van der Waals surface area contributed by atoms with Gasteiger partial charge in [0.15, 0.2) is 11.4 Å². The predicted molar refractivity (Wildman–Crippen MR) is 80.5 cm³/mol. The standard InChI is InChI=1S/C13H18N2O8S/c1-2-22-12(21)8(18)6-3-14-13(24-6)15-11-10(20)9(19)7(17)5(4-16)23-11/h3,5,7,9-11,16-17,19-20H,2,4H2,1H3,(H,14,15)/t5?,7-,9?,10-,11+/m1/s1. The molecule has 1 fully saturated rings. The molecule has 2 rings (SSSR count). The van der Waals surface area contributed by atoms with Crippen molar-refractivity contribution >= 4 is 28.2 Å². The number of hydrogen-bond donors (Lipinski definition) is 5. The van der Waals surface area contributed by atoms with Gasteiger partial charge in [-0.15, -0.1) is 0 Å². The van der Waals surface area contributed by atoms with E-state index in [0.717, 1.165) is 17.5 Å². The number of aliphatic hydroxyl groups excluding tert-OH is 4. The monoisotopic (exact) mass is 362 g/mol. The average Bonchev–Trinajstić information content (AvgIpc) is 3.03. The summed E-state index contributed by atoms with van der Waals surface area (Å²) in [6.07, 6.45) is -5.57. The van der Waals surface area contributed by atoms with Crippen molar-refractivity contribution in [2.45, 2.75) is 37.6 Å². The number of rotatable bonds is 6. The normalized spacial score (nSPS) is 30.0. The molecule has 1 aromatic heterocycles. The van der Waals surface area contributed by atoms with Gasteiger partial charge in [0.1, 0.15) is 29.3 Å². The quantitative estimate of drug-likeness (QED) is 0.220. The van der Waals surface area contributed by atoms with Gasteiger partial charge in [-0.2, -0.15) is 0 Å². The highest BCUT2D eigenvalue weighted by molar-refractivity contribution is 7.18. The summed E-state index contributed by atoms with van der Waals surface area (Å²) in [4.78, 5) is 27.1. The lowest BCUT2D eigenvalue weighted by molar-refractivity contribution is -0.221. The molecular weight excluding hydrogens is 344 g/mol. The van der Waals surface area contributed by atoms with E-state index >= 15 is 0 Å². The van der Waals surface area contributed by atoms with Gasteiger partial charge in [0.05, 0.1) is 19.4 Å². The molecule has 10 nitrogen and oxygen atoms in total. The molecule has 1 saturated heterocycles. The Morgan fingerprint density at radius 3 is 2.67 bits per heavy atom. The first kappa shape index (κ1) is 18.7. The number of Topliss-reactive ketones (excluding diaryl/α,β-unsaturated/α-hetero) is 1. The fourth-order valence-corrected chi connectivity index (χ4v) is 2.86. The number of nitrogens with zero attached hydrogens (tertiary/aromatic N) is 1. The molecule has 5 N–H and O–H groups in total. The van der Waals surface area contributed by atoms with Gasteiger partial charge < -0.3 is 35.2 Å². The van der Waals surface area contributed by atoms with Gasteiger partial charge in [-0.1, -0.05) is 11.3 Å². The van der Waals surface area contributed by atoms with E-state index in [2.05, 4.69) is 15.0 Å². The number of carbonyl (C=O) groups is 2. The van der Waals surface area contributed by atoms with Crippen LogP contribution in [-0.2, 0) is 14.3 Å². The molecule has 5 atom stereocenters. The van der Waals surface area contributed by atoms with Crippen molar-refractivity contribution in [1.82, 2.24) is 4.98 Å². The van der Waals surface area contributed by atoms with E-state index in [0.29, 0.717) is 0 Å². The number of nitrogens with one attached hydrogen (secondary N) is 1. The molecule has 2 unspecified atom stereocenters. The Morgan fingerprint density at radius 1 is 1.33 bits per heavy atom. The molecule has 0 amide bonds. The minimum absolute atomic E-state index is 0.0283. The maximum Gasteiger partial charge on any atom is 0.380 e. The van der Waals surface area contributed by atoms with Crippen LogP contribution in [0.25, 0.3) is 0 Å². The van der Waals surface area contributed by atoms with E-state index in [1.165, 1.54) is 0 Å². The van der Waals surface area contributed by atoms with Crippen LogP contribution in [0.3, 0.4) is 0 Å². The first-order chi connectivity index (χ1) is 11.4. The minimum Gasteiger partial charge on any atom is -0.460 e. The van der Waals surface area contributed by atoms with E-state index in [1.807, 2.05) is 0 Å². The lowest BCUT2D eigenvalue weighted by Crippen LogP contribution is -2.60. The van der Waals surface area contributed by atoms with Crippen LogP contribution in [0.4, 0.5) is 5.13 Å². The van der Waals surface area contributed by atoms with E-state index in [9.17, 15) is 24.9 Å². The lowest BCUT2D eigenvalue weighted by atomic mass is 9.98. The van der Waals surface area contributed by atoms with Crippen molar-refractivity contribution in [2.75, 3.05) is 18.5 Å². The largest absolute Gasteiger partial charge is 0.460 e. The molecule has 134 valence electrons. The summed E-state index contributed by atoms with van der Waals surface area (Å²) in [5.41, 5.74) is 0. The Hall–Kier alpha value is -1.63. The molecule has 0 aromatic carbocycles. The molecule has 0 bridgehead atoms. The fourth-order valence-electron chi connectivity index (χ4n) is 2.09. The number of esters is 1. The molecule has 24 heavy (non-hydrogen) atoms. The lowest BCUT2D eigenvalue weighted by Gasteiger charge is -2.40. The molecule has 0 saturated carbocycles. The number of hydrogen-bond acceptors (Lipinski definition) is 11. The summed E-state index contributed by atoms with van der Waals surface area (Å²) >= 11 is 0.831. The molecule has 0 radical (unpaired) electrons. The Kier molecular flexibility index (Phi) is 6.21. The van der Waals surface area contributed by atoms with Gasteiger partial charge in [-0.05, 0) is 6.92 Å².